The van der Waals surface area contributed by atoms with Crippen molar-refractivity contribution in [2.45, 2.75) is 40.5 Å². The molecule has 1 rings (SSSR count). The van der Waals surface area contributed by atoms with E-state index < -0.39 is 5.97 Å². The molecule has 6 nitrogen and oxygen atoms in total. The van der Waals surface area contributed by atoms with E-state index in [4.69, 9.17) is 9.84 Å². The molecule has 0 bridgehead atoms. The van der Waals surface area contributed by atoms with E-state index in [0.717, 1.165) is 6.42 Å². The number of anilines is 1. The summed E-state index contributed by atoms with van der Waals surface area (Å²) in [6.45, 7) is 9.01. The summed E-state index contributed by atoms with van der Waals surface area (Å²) in [5.41, 5.74) is 0. The maximum absolute atomic E-state index is 10.9. The van der Waals surface area contributed by atoms with Gasteiger partial charge in [-0.1, -0.05) is 13.8 Å². The summed E-state index contributed by atoms with van der Waals surface area (Å²) in [7, 11) is 0. The smallest absolute Gasteiger partial charge is 0.303 e. The van der Waals surface area contributed by atoms with Crippen LogP contribution in [0, 0.1) is 18.8 Å². The normalized spacial score (nSPS) is 12.2. The minimum absolute atomic E-state index is 0.0771. The molecule has 1 heterocycles. The topological polar surface area (TPSA) is 84.3 Å². The highest BCUT2D eigenvalue weighted by molar-refractivity contribution is 5.67. The van der Waals surface area contributed by atoms with Crippen molar-refractivity contribution < 1.29 is 14.6 Å². The second-order valence-electron chi connectivity index (χ2n) is 5.55. The minimum Gasteiger partial charge on any atom is -0.481 e. The molecule has 0 spiro atoms. The molecule has 0 radical (unpaired) electrons. The molecule has 0 aromatic carbocycles. The summed E-state index contributed by atoms with van der Waals surface area (Å²) < 4.78 is 5.38. The Morgan fingerprint density at radius 3 is 2.71 bits per heavy atom. The number of nitrogens with zero attached hydrogens (tertiary/aromatic N) is 2. The van der Waals surface area contributed by atoms with E-state index in [1.54, 1.807) is 13.0 Å². The number of hydrogen-bond acceptors (Lipinski definition) is 5. The van der Waals surface area contributed by atoms with Gasteiger partial charge in [0.25, 0.3) is 0 Å². The van der Waals surface area contributed by atoms with Gasteiger partial charge in [-0.25, -0.2) is 4.98 Å². The molecule has 0 saturated carbocycles. The van der Waals surface area contributed by atoms with E-state index in [0.29, 0.717) is 36.6 Å². The van der Waals surface area contributed by atoms with Gasteiger partial charge in [0.1, 0.15) is 11.6 Å². The molecule has 0 amide bonds. The van der Waals surface area contributed by atoms with Crippen molar-refractivity contribution in [3.05, 3.63) is 11.9 Å². The zero-order valence-electron chi connectivity index (χ0n) is 13.2. The van der Waals surface area contributed by atoms with Crippen LogP contribution in [0.1, 0.15) is 39.4 Å². The predicted molar refractivity (Wildman–Crippen MR) is 81.6 cm³/mol. The van der Waals surface area contributed by atoms with Crippen LogP contribution >= 0.6 is 0 Å². The number of aryl methyl sites for hydroxylation is 1. The van der Waals surface area contributed by atoms with E-state index in [-0.39, 0.29) is 12.3 Å². The third-order valence-corrected chi connectivity index (χ3v) is 2.95. The lowest BCUT2D eigenvalue weighted by molar-refractivity contribution is -0.138. The molecule has 1 unspecified atom stereocenters. The minimum atomic E-state index is -0.767. The number of ether oxygens (including phenoxy) is 1. The summed E-state index contributed by atoms with van der Waals surface area (Å²) in [6.07, 6.45) is 1.02. The van der Waals surface area contributed by atoms with Crippen LogP contribution in [0.4, 0.5) is 5.82 Å². The average molecular weight is 295 g/mol. The lowest BCUT2D eigenvalue weighted by Crippen LogP contribution is -2.20. The van der Waals surface area contributed by atoms with Gasteiger partial charge in [-0.15, -0.1) is 0 Å². The molecule has 118 valence electrons. The van der Waals surface area contributed by atoms with E-state index in [2.05, 4.69) is 29.1 Å². The highest BCUT2D eigenvalue weighted by Gasteiger charge is 2.15. The molecule has 1 atom stereocenters. The van der Waals surface area contributed by atoms with Crippen molar-refractivity contribution >= 4 is 11.8 Å². The van der Waals surface area contributed by atoms with Crippen molar-refractivity contribution in [2.75, 3.05) is 18.5 Å². The molecule has 0 aliphatic rings. The quantitative estimate of drug-likeness (QED) is 0.728. The molecule has 0 saturated heterocycles. The van der Waals surface area contributed by atoms with E-state index in [1.165, 1.54) is 0 Å². The van der Waals surface area contributed by atoms with Crippen LogP contribution in [0.15, 0.2) is 6.07 Å². The second kappa shape index (κ2) is 8.44. The lowest BCUT2D eigenvalue weighted by Gasteiger charge is -2.18. The first kappa shape index (κ1) is 17.2. The molecule has 2 N–H and O–H groups in total. The second-order valence-corrected chi connectivity index (χ2v) is 5.55. The highest BCUT2D eigenvalue weighted by atomic mass is 16.5. The zero-order chi connectivity index (χ0) is 15.8. The third-order valence-electron chi connectivity index (χ3n) is 2.95. The Hall–Kier alpha value is -1.85. The number of carbonyl (C=O) groups is 1. The van der Waals surface area contributed by atoms with Crippen molar-refractivity contribution in [1.82, 2.24) is 9.97 Å². The maximum Gasteiger partial charge on any atom is 0.303 e. The van der Waals surface area contributed by atoms with Crippen molar-refractivity contribution in [2.24, 2.45) is 11.8 Å². The third kappa shape index (κ3) is 6.92. The molecular weight excluding hydrogens is 270 g/mol. The molecule has 0 aliphatic heterocycles. The zero-order valence-corrected chi connectivity index (χ0v) is 13.2. The first-order chi connectivity index (χ1) is 9.90. The van der Waals surface area contributed by atoms with Crippen molar-refractivity contribution in [3.8, 4) is 5.88 Å². The van der Waals surface area contributed by atoms with Gasteiger partial charge >= 0.3 is 5.97 Å². The van der Waals surface area contributed by atoms with E-state index in [9.17, 15) is 4.79 Å². The van der Waals surface area contributed by atoms with Crippen LogP contribution in [0.5, 0.6) is 5.88 Å². The fourth-order valence-electron chi connectivity index (χ4n) is 2.25. The summed E-state index contributed by atoms with van der Waals surface area (Å²) in [6, 6.07) is 1.74. The Balaban J connectivity index is 2.67. The van der Waals surface area contributed by atoms with Crippen molar-refractivity contribution in [1.29, 1.82) is 0 Å². The van der Waals surface area contributed by atoms with Crippen LogP contribution in [0.2, 0.25) is 0 Å². The maximum atomic E-state index is 10.9. The predicted octanol–water partition coefficient (Wildman–Crippen LogP) is 2.73. The molecule has 0 fully saturated rings. The fraction of sp³-hybridized carbons (Fsp3) is 0.667. The van der Waals surface area contributed by atoms with Gasteiger partial charge < -0.3 is 15.2 Å². The molecule has 1 aromatic rings. The SMILES string of the molecule is CCOc1cc(NCC(CC(=O)O)CC(C)C)nc(C)n1. The van der Waals surface area contributed by atoms with E-state index in [1.807, 2.05) is 6.92 Å². The number of hydrogen-bond donors (Lipinski definition) is 2. The van der Waals surface area contributed by atoms with Crippen LogP contribution in [0.3, 0.4) is 0 Å². The molecule has 21 heavy (non-hydrogen) atoms. The lowest BCUT2D eigenvalue weighted by atomic mass is 9.94. The largest absolute Gasteiger partial charge is 0.481 e. The number of rotatable bonds is 9. The average Bonchev–Trinajstić information content (AvgIpc) is 2.34. The first-order valence-corrected chi connectivity index (χ1v) is 7.34. The Morgan fingerprint density at radius 1 is 1.43 bits per heavy atom. The van der Waals surface area contributed by atoms with Gasteiger partial charge in [0.2, 0.25) is 5.88 Å². The van der Waals surface area contributed by atoms with Gasteiger partial charge in [-0.2, -0.15) is 4.98 Å². The standard InChI is InChI=1S/C15H25N3O3/c1-5-21-14-8-13(17-11(4)18-14)16-9-12(6-10(2)3)7-15(19)20/h8,10,12H,5-7,9H2,1-4H3,(H,19,20)(H,16,17,18). The number of carboxylic acids is 1. The first-order valence-electron chi connectivity index (χ1n) is 7.34. The van der Waals surface area contributed by atoms with Gasteiger partial charge in [0.05, 0.1) is 6.61 Å². The van der Waals surface area contributed by atoms with Gasteiger partial charge in [-0.3, -0.25) is 4.79 Å². The summed E-state index contributed by atoms with van der Waals surface area (Å²) in [5.74, 6) is 1.60. The van der Waals surface area contributed by atoms with Gasteiger partial charge in [0.15, 0.2) is 0 Å². The fourth-order valence-corrected chi connectivity index (χ4v) is 2.25. The Morgan fingerprint density at radius 2 is 2.14 bits per heavy atom. The van der Waals surface area contributed by atoms with Crippen LogP contribution in [-0.2, 0) is 4.79 Å². The van der Waals surface area contributed by atoms with E-state index >= 15 is 0 Å². The van der Waals surface area contributed by atoms with Gasteiger partial charge in [0, 0.05) is 19.0 Å². The number of aromatic nitrogens is 2. The Bertz CT molecular complexity index is 463. The van der Waals surface area contributed by atoms with Crippen molar-refractivity contribution in [3.63, 3.8) is 0 Å². The van der Waals surface area contributed by atoms with Gasteiger partial charge in [-0.05, 0) is 32.1 Å². The molecular formula is C15H25N3O3. The Labute approximate surface area is 126 Å². The van der Waals surface area contributed by atoms with Crippen LogP contribution in [0.25, 0.3) is 0 Å². The summed E-state index contributed by atoms with van der Waals surface area (Å²) in [5, 5.41) is 12.2. The van der Waals surface area contributed by atoms with Crippen LogP contribution in [-0.4, -0.2) is 34.2 Å². The highest BCUT2D eigenvalue weighted by Crippen LogP contribution is 2.18. The number of nitrogens with one attached hydrogen (secondary N) is 1. The molecule has 6 heteroatoms. The summed E-state index contributed by atoms with van der Waals surface area (Å²) >= 11 is 0. The number of aliphatic carboxylic acids is 1. The Kier molecular flexibility index (Phi) is 6.91. The molecule has 1 aromatic heterocycles. The summed E-state index contributed by atoms with van der Waals surface area (Å²) in [4.78, 5) is 19.4. The van der Waals surface area contributed by atoms with Crippen LogP contribution < -0.4 is 10.1 Å². The molecule has 0 aliphatic carbocycles. The number of carboxylic acid groups (broad SMARTS) is 1. The monoisotopic (exact) mass is 295 g/mol.